The molecule has 1 spiro atoms. The van der Waals surface area contributed by atoms with Crippen LogP contribution in [0.1, 0.15) is 97.5 Å². The smallest absolute Gasteiger partial charge is 0.297 e. The van der Waals surface area contributed by atoms with Crippen LogP contribution in [0.3, 0.4) is 0 Å². The fraction of sp³-hybridized carbons (Fsp3) is 0.824. The number of fused-ring (bicyclic) bond motifs is 7. The first-order valence-corrected chi connectivity index (χ1v) is 17.7. The van der Waals surface area contributed by atoms with Gasteiger partial charge in [-0.15, -0.1) is 0 Å². The van der Waals surface area contributed by atoms with Crippen LogP contribution in [-0.4, -0.2) is 33.0 Å². The van der Waals surface area contributed by atoms with Gasteiger partial charge in [0.05, 0.1) is 23.7 Å². The monoisotopic (exact) mass is 570 g/mol. The fourth-order valence-electron chi connectivity index (χ4n) is 11.3. The standard InChI is InChI=1S/C34H50O5S/c1-21-6-9-26(10-7-21)40(35,36)39-25-13-15-32(4)24(18-25)8-11-27-28(32)14-16-33(5)29(27)19-30-31(33)23(3)34(38-30)17-12-22(2)20-37-34/h6-7,9-10,22-25,27-31H,8,11-20H2,1-5H3/t22-,23-,24+,25-,27+,28-,29-,30-,31-,32-,33-,34+/m0/s1. The molecular formula is C34H50O5S. The van der Waals surface area contributed by atoms with E-state index < -0.39 is 10.1 Å². The highest BCUT2D eigenvalue weighted by atomic mass is 32.2. The summed E-state index contributed by atoms with van der Waals surface area (Å²) in [5.74, 6) is 4.14. The van der Waals surface area contributed by atoms with Gasteiger partial charge in [-0.25, -0.2) is 0 Å². The summed E-state index contributed by atoms with van der Waals surface area (Å²) in [6.07, 6.45) is 11.5. The maximum atomic E-state index is 13.0. The molecule has 40 heavy (non-hydrogen) atoms. The molecule has 2 saturated heterocycles. The molecule has 6 fully saturated rings. The molecule has 1 aromatic rings. The minimum atomic E-state index is -3.73. The van der Waals surface area contributed by atoms with Gasteiger partial charge in [0.1, 0.15) is 0 Å². The summed E-state index contributed by atoms with van der Waals surface area (Å²) in [6, 6.07) is 7.04. The Morgan fingerprint density at radius 2 is 1.62 bits per heavy atom. The van der Waals surface area contributed by atoms with Crippen molar-refractivity contribution in [2.24, 2.45) is 52.3 Å². The molecule has 0 bridgehead atoms. The highest BCUT2D eigenvalue weighted by Crippen LogP contribution is 2.71. The van der Waals surface area contributed by atoms with E-state index in [9.17, 15) is 8.42 Å². The summed E-state index contributed by atoms with van der Waals surface area (Å²) >= 11 is 0. The number of aryl methyl sites for hydroxylation is 1. The quantitative estimate of drug-likeness (QED) is 0.352. The molecule has 12 atom stereocenters. The Morgan fingerprint density at radius 1 is 0.875 bits per heavy atom. The number of ether oxygens (including phenoxy) is 2. The zero-order valence-electron chi connectivity index (χ0n) is 25.2. The number of hydrogen-bond donors (Lipinski definition) is 0. The second-order valence-corrected chi connectivity index (χ2v) is 17.0. The van der Waals surface area contributed by atoms with Crippen LogP contribution in [0.25, 0.3) is 0 Å². The predicted molar refractivity (Wildman–Crippen MR) is 155 cm³/mol. The Bertz CT molecular complexity index is 1220. The molecule has 222 valence electrons. The van der Waals surface area contributed by atoms with Crippen molar-refractivity contribution < 1.29 is 22.1 Å². The van der Waals surface area contributed by atoms with E-state index in [0.29, 0.717) is 35.2 Å². The van der Waals surface area contributed by atoms with Crippen LogP contribution in [0.5, 0.6) is 0 Å². The second kappa shape index (κ2) is 9.53. The van der Waals surface area contributed by atoms with Gasteiger partial charge in [0, 0.05) is 12.3 Å². The van der Waals surface area contributed by atoms with Gasteiger partial charge in [-0.3, -0.25) is 4.18 Å². The van der Waals surface area contributed by atoms with Crippen LogP contribution >= 0.6 is 0 Å². The van der Waals surface area contributed by atoms with E-state index >= 15 is 0 Å². The van der Waals surface area contributed by atoms with E-state index in [4.69, 9.17) is 13.7 Å². The lowest BCUT2D eigenvalue weighted by Gasteiger charge is -2.61. The van der Waals surface area contributed by atoms with Gasteiger partial charge in [-0.1, -0.05) is 45.4 Å². The molecule has 6 heteroatoms. The topological polar surface area (TPSA) is 61.8 Å². The van der Waals surface area contributed by atoms with Gasteiger partial charge >= 0.3 is 0 Å². The number of benzene rings is 1. The Kier molecular flexibility index (Phi) is 6.63. The Hall–Kier alpha value is -0.950. The SMILES string of the molecule is Cc1ccc(S(=O)(=O)O[C@H]2CC[C@@]3(C)[C@H](CC[C@@H]4[C@@H]3CC[C@]3(C)[C@@H]5[C@H](C[C@@H]43)O[C@]3(CC[C@H](C)CO3)[C@H]5C)C2)cc1. The Morgan fingerprint density at radius 3 is 2.35 bits per heavy atom. The molecule has 5 nitrogen and oxygen atoms in total. The van der Waals surface area contributed by atoms with Crippen molar-refractivity contribution in [3.05, 3.63) is 29.8 Å². The van der Waals surface area contributed by atoms with E-state index in [2.05, 4.69) is 27.7 Å². The molecule has 0 radical (unpaired) electrons. The third kappa shape index (κ3) is 4.12. The van der Waals surface area contributed by atoms with Crippen molar-refractivity contribution in [3.63, 3.8) is 0 Å². The second-order valence-electron chi connectivity index (χ2n) is 15.4. The van der Waals surface area contributed by atoms with Gasteiger partial charge in [0.25, 0.3) is 10.1 Å². The molecule has 6 aliphatic rings. The maximum Gasteiger partial charge on any atom is 0.297 e. The minimum Gasteiger partial charge on any atom is -0.349 e. The van der Waals surface area contributed by atoms with E-state index in [1.807, 2.05) is 19.1 Å². The van der Waals surface area contributed by atoms with Crippen LogP contribution < -0.4 is 0 Å². The first-order chi connectivity index (χ1) is 19.0. The van der Waals surface area contributed by atoms with Crippen molar-refractivity contribution in [2.75, 3.05) is 6.61 Å². The van der Waals surface area contributed by atoms with Crippen LogP contribution in [0.15, 0.2) is 29.2 Å². The molecule has 1 aromatic carbocycles. The highest BCUT2D eigenvalue weighted by Gasteiger charge is 2.69. The first kappa shape index (κ1) is 27.9. The van der Waals surface area contributed by atoms with Crippen molar-refractivity contribution in [3.8, 4) is 0 Å². The third-order valence-corrected chi connectivity index (χ3v) is 14.8. The summed E-state index contributed by atoms with van der Waals surface area (Å²) in [5.41, 5.74) is 1.68. The molecule has 4 aliphatic carbocycles. The first-order valence-electron chi connectivity index (χ1n) is 16.3. The van der Waals surface area contributed by atoms with Gasteiger partial charge in [-0.2, -0.15) is 8.42 Å². The summed E-state index contributed by atoms with van der Waals surface area (Å²) in [4.78, 5) is 0.278. The summed E-state index contributed by atoms with van der Waals surface area (Å²) in [7, 11) is -3.73. The van der Waals surface area contributed by atoms with Gasteiger partial charge < -0.3 is 9.47 Å². The molecule has 0 aromatic heterocycles. The largest absolute Gasteiger partial charge is 0.349 e. The van der Waals surface area contributed by atoms with Crippen LogP contribution in [0.2, 0.25) is 0 Å². The van der Waals surface area contributed by atoms with Gasteiger partial charge in [-0.05, 0) is 123 Å². The zero-order chi connectivity index (χ0) is 28.1. The molecule has 4 saturated carbocycles. The third-order valence-electron chi connectivity index (χ3n) is 13.5. The number of rotatable bonds is 3. The van der Waals surface area contributed by atoms with Gasteiger partial charge in [0.15, 0.2) is 5.79 Å². The molecule has 7 rings (SSSR count). The normalized spacial score (nSPS) is 50.2. The molecule has 0 amide bonds. The lowest BCUT2D eigenvalue weighted by atomic mass is 9.44. The van der Waals surface area contributed by atoms with Crippen LogP contribution in [0.4, 0.5) is 0 Å². The minimum absolute atomic E-state index is 0.204. The van der Waals surface area contributed by atoms with Crippen molar-refractivity contribution in [2.45, 2.75) is 122 Å². The van der Waals surface area contributed by atoms with Crippen molar-refractivity contribution in [1.29, 1.82) is 0 Å². The van der Waals surface area contributed by atoms with Crippen LogP contribution in [-0.2, 0) is 23.8 Å². The predicted octanol–water partition coefficient (Wildman–Crippen LogP) is 7.52. The Labute approximate surface area is 242 Å². The van der Waals surface area contributed by atoms with E-state index in [-0.39, 0.29) is 22.2 Å². The van der Waals surface area contributed by atoms with E-state index in [1.165, 1.54) is 38.5 Å². The average Bonchev–Trinajstić information content (AvgIpc) is 3.36. The lowest BCUT2D eigenvalue weighted by molar-refractivity contribution is -0.273. The average molecular weight is 571 g/mol. The molecular weight excluding hydrogens is 520 g/mol. The van der Waals surface area contributed by atoms with E-state index in [1.54, 1.807) is 12.1 Å². The molecule has 0 N–H and O–H groups in total. The van der Waals surface area contributed by atoms with Crippen molar-refractivity contribution in [1.82, 2.24) is 0 Å². The molecule has 2 heterocycles. The zero-order valence-corrected chi connectivity index (χ0v) is 26.0. The lowest BCUT2D eigenvalue weighted by Crippen LogP contribution is -2.55. The number of hydrogen-bond acceptors (Lipinski definition) is 5. The van der Waals surface area contributed by atoms with E-state index in [0.717, 1.165) is 55.6 Å². The summed E-state index contributed by atoms with van der Waals surface area (Å²) < 4.78 is 45.4. The molecule has 2 aliphatic heterocycles. The summed E-state index contributed by atoms with van der Waals surface area (Å²) in [6.45, 7) is 12.7. The van der Waals surface area contributed by atoms with Crippen molar-refractivity contribution >= 4 is 10.1 Å². The Balaban J connectivity index is 1.05. The fourth-order valence-corrected chi connectivity index (χ4v) is 12.4. The van der Waals surface area contributed by atoms with Crippen LogP contribution in [0, 0.1) is 59.2 Å². The van der Waals surface area contributed by atoms with Gasteiger partial charge in [0.2, 0.25) is 0 Å². The highest BCUT2D eigenvalue weighted by molar-refractivity contribution is 7.86. The maximum absolute atomic E-state index is 13.0. The molecule has 0 unspecified atom stereocenters. The summed E-state index contributed by atoms with van der Waals surface area (Å²) in [5, 5.41) is 0.